The highest BCUT2D eigenvalue weighted by molar-refractivity contribution is 7.15. The number of nitrogens with zero attached hydrogens (tertiary/aromatic N) is 2. The summed E-state index contributed by atoms with van der Waals surface area (Å²) in [7, 11) is 0. The molecule has 5 heteroatoms. The summed E-state index contributed by atoms with van der Waals surface area (Å²) >= 11 is 1.53. The van der Waals surface area contributed by atoms with Crippen LogP contribution in [0.15, 0.2) is 24.5 Å². The Morgan fingerprint density at radius 3 is 2.78 bits per heavy atom. The van der Waals surface area contributed by atoms with Crippen molar-refractivity contribution >= 4 is 17.3 Å². The highest BCUT2D eigenvalue weighted by atomic mass is 32.1. The van der Waals surface area contributed by atoms with Crippen LogP contribution in [0.3, 0.4) is 0 Å². The predicted molar refractivity (Wildman–Crippen MR) is 68.4 cm³/mol. The lowest BCUT2D eigenvalue weighted by atomic mass is 10.3. The average Bonchev–Trinajstić information content (AvgIpc) is 3.17. The number of hydrogen-bond acceptors (Lipinski definition) is 5. The van der Waals surface area contributed by atoms with E-state index in [1.807, 2.05) is 19.1 Å². The number of carbonyl (C=O) groups is 1. The van der Waals surface area contributed by atoms with Gasteiger partial charge in [0.05, 0.1) is 10.8 Å². The van der Waals surface area contributed by atoms with Gasteiger partial charge in [-0.1, -0.05) is 0 Å². The van der Waals surface area contributed by atoms with Gasteiger partial charge < -0.3 is 4.74 Å². The topological polar surface area (TPSA) is 52.1 Å². The molecule has 0 amide bonds. The van der Waals surface area contributed by atoms with Gasteiger partial charge in [-0.2, -0.15) is 0 Å². The molecule has 4 nitrogen and oxygen atoms in total. The lowest BCUT2D eigenvalue weighted by Gasteiger charge is -1.99. The number of carbonyl (C=O) groups excluding carboxylic acids is 1. The fourth-order valence-corrected chi connectivity index (χ4v) is 2.44. The maximum Gasteiger partial charge on any atom is 0.315 e. The first-order chi connectivity index (χ1) is 8.74. The fraction of sp³-hybridized carbons (Fsp3) is 0.308. The zero-order chi connectivity index (χ0) is 12.5. The minimum atomic E-state index is -0.148. The zero-order valence-electron chi connectivity index (χ0n) is 9.92. The molecule has 1 aliphatic carbocycles. The van der Waals surface area contributed by atoms with Crippen LogP contribution in [-0.2, 0) is 4.79 Å². The van der Waals surface area contributed by atoms with Crippen molar-refractivity contribution in [2.45, 2.75) is 19.8 Å². The molecular formula is C13H12N2O2S. The van der Waals surface area contributed by atoms with Crippen molar-refractivity contribution in [3.63, 3.8) is 0 Å². The third kappa shape index (κ3) is 2.26. The number of rotatable bonds is 3. The molecule has 0 radical (unpaired) electrons. The summed E-state index contributed by atoms with van der Waals surface area (Å²) in [6, 6.07) is 3.79. The van der Waals surface area contributed by atoms with E-state index in [0.717, 1.165) is 28.3 Å². The summed E-state index contributed by atoms with van der Waals surface area (Å²) in [5.74, 6) is 0.392. The van der Waals surface area contributed by atoms with Crippen LogP contribution < -0.4 is 4.74 Å². The summed E-state index contributed by atoms with van der Waals surface area (Å²) in [4.78, 5) is 20.9. The van der Waals surface area contributed by atoms with Crippen LogP contribution >= 0.6 is 11.3 Å². The van der Waals surface area contributed by atoms with E-state index in [-0.39, 0.29) is 11.9 Å². The van der Waals surface area contributed by atoms with Gasteiger partial charge in [0.2, 0.25) is 5.88 Å². The first-order valence-corrected chi connectivity index (χ1v) is 6.65. The molecule has 0 unspecified atom stereocenters. The van der Waals surface area contributed by atoms with E-state index < -0.39 is 0 Å². The highest BCUT2D eigenvalue weighted by Crippen LogP contribution is 2.34. The average molecular weight is 260 g/mol. The van der Waals surface area contributed by atoms with Crippen LogP contribution in [0.2, 0.25) is 0 Å². The lowest BCUT2D eigenvalue weighted by Crippen LogP contribution is -2.10. The minimum Gasteiger partial charge on any atom is -0.406 e. The third-order valence-electron chi connectivity index (χ3n) is 2.79. The Morgan fingerprint density at radius 1 is 1.39 bits per heavy atom. The molecule has 1 aliphatic rings. The van der Waals surface area contributed by atoms with Gasteiger partial charge >= 0.3 is 5.97 Å². The molecule has 1 saturated carbocycles. The van der Waals surface area contributed by atoms with Crippen molar-refractivity contribution in [2.24, 2.45) is 5.92 Å². The van der Waals surface area contributed by atoms with Gasteiger partial charge in [-0.15, -0.1) is 11.3 Å². The number of hydrogen-bond donors (Lipinski definition) is 0. The van der Waals surface area contributed by atoms with Crippen LogP contribution in [0.1, 0.15) is 17.7 Å². The van der Waals surface area contributed by atoms with E-state index in [4.69, 9.17) is 4.74 Å². The molecule has 2 heterocycles. The van der Waals surface area contributed by atoms with Crippen LogP contribution in [0, 0.1) is 12.8 Å². The maximum atomic E-state index is 11.6. The number of aromatic nitrogens is 2. The Labute approximate surface area is 109 Å². The molecule has 0 spiro atoms. The van der Waals surface area contributed by atoms with Gasteiger partial charge in [0.15, 0.2) is 0 Å². The number of aryl methyl sites for hydroxylation is 1. The second-order valence-corrected chi connectivity index (χ2v) is 5.51. The first-order valence-electron chi connectivity index (χ1n) is 5.83. The van der Waals surface area contributed by atoms with Gasteiger partial charge in [-0.25, -0.2) is 4.98 Å². The fourth-order valence-electron chi connectivity index (χ4n) is 1.59. The summed E-state index contributed by atoms with van der Waals surface area (Å²) < 4.78 is 5.32. The molecule has 1 fully saturated rings. The van der Waals surface area contributed by atoms with Crippen molar-refractivity contribution < 1.29 is 9.53 Å². The van der Waals surface area contributed by atoms with Crippen LogP contribution in [0.5, 0.6) is 5.88 Å². The number of thiazole rings is 1. The molecule has 0 saturated heterocycles. The van der Waals surface area contributed by atoms with Crippen LogP contribution in [0.4, 0.5) is 0 Å². The first kappa shape index (κ1) is 11.3. The molecule has 18 heavy (non-hydrogen) atoms. The van der Waals surface area contributed by atoms with E-state index in [1.54, 1.807) is 12.4 Å². The van der Waals surface area contributed by atoms with Crippen molar-refractivity contribution in [1.82, 2.24) is 9.97 Å². The maximum absolute atomic E-state index is 11.6. The monoisotopic (exact) mass is 260 g/mol. The number of ether oxygens (including phenoxy) is 1. The van der Waals surface area contributed by atoms with Gasteiger partial charge in [-0.05, 0) is 31.9 Å². The molecule has 0 aromatic carbocycles. The smallest absolute Gasteiger partial charge is 0.315 e. The predicted octanol–water partition coefficient (Wildman–Crippen LogP) is 2.83. The van der Waals surface area contributed by atoms with E-state index in [1.165, 1.54) is 11.3 Å². The number of esters is 1. The van der Waals surface area contributed by atoms with E-state index in [2.05, 4.69) is 9.97 Å². The Bertz CT molecular complexity index is 576. The van der Waals surface area contributed by atoms with E-state index in [9.17, 15) is 4.79 Å². The molecular weight excluding hydrogens is 248 g/mol. The Morgan fingerprint density at radius 2 is 2.11 bits per heavy atom. The third-order valence-corrected chi connectivity index (χ3v) is 3.79. The zero-order valence-corrected chi connectivity index (χ0v) is 10.7. The van der Waals surface area contributed by atoms with Gasteiger partial charge in [0.1, 0.15) is 5.01 Å². The Balaban J connectivity index is 1.84. The van der Waals surface area contributed by atoms with Crippen molar-refractivity contribution in [3.8, 4) is 16.5 Å². The van der Waals surface area contributed by atoms with Gasteiger partial charge in [-0.3, -0.25) is 9.78 Å². The standard InChI is InChI=1S/C13H12N2O2S/c1-8-11(17-13(16)10-2-3-10)15-12(18-8)9-4-6-14-7-5-9/h4-7,10H,2-3H2,1H3. The molecule has 2 aromatic heterocycles. The van der Waals surface area contributed by atoms with E-state index in [0.29, 0.717) is 5.88 Å². The van der Waals surface area contributed by atoms with Crippen LogP contribution in [-0.4, -0.2) is 15.9 Å². The molecule has 0 N–H and O–H groups in total. The molecule has 0 bridgehead atoms. The molecule has 0 aliphatic heterocycles. The lowest BCUT2D eigenvalue weighted by molar-refractivity contribution is -0.136. The second kappa shape index (κ2) is 4.49. The normalized spacial score (nSPS) is 14.5. The summed E-state index contributed by atoms with van der Waals surface area (Å²) in [5, 5.41) is 0.855. The molecule has 92 valence electrons. The van der Waals surface area contributed by atoms with E-state index >= 15 is 0 Å². The highest BCUT2D eigenvalue weighted by Gasteiger charge is 2.32. The second-order valence-electron chi connectivity index (χ2n) is 4.31. The summed E-state index contributed by atoms with van der Waals surface area (Å²) in [5.41, 5.74) is 0.992. The quantitative estimate of drug-likeness (QED) is 0.796. The van der Waals surface area contributed by atoms with Crippen LogP contribution in [0.25, 0.3) is 10.6 Å². The van der Waals surface area contributed by atoms with Crippen molar-refractivity contribution in [1.29, 1.82) is 0 Å². The summed E-state index contributed by atoms with van der Waals surface area (Å²) in [6.07, 6.45) is 5.34. The van der Waals surface area contributed by atoms with Gasteiger partial charge in [0, 0.05) is 18.0 Å². The van der Waals surface area contributed by atoms with Gasteiger partial charge in [0.25, 0.3) is 0 Å². The Kier molecular flexibility index (Phi) is 2.83. The minimum absolute atomic E-state index is 0.0930. The molecule has 0 atom stereocenters. The summed E-state index contributed by atoms with van der Waals surface area (Å²) in [6.45, 7) is 1.91. The molecule has 3 rings (SSSR count). The van der Waals surface area contributed by atoms with Crippen molar-refractivity contribution in [2.75, 3.05) is 0 Å². The molecule has 2 aromatic rings. The van der Waals surface area contributed by atoms with Crippen molar-refractivity contribution in [3.05, 3.63) is 29.4 Å². The Hall–Kier alpha value is -1.75. The number of pyridine rings is 1. The largest absolute Gasteiger partial charge is 0.406 e. The SMILES string of the molecule is Cc1sc(-c2ccncc2)nc1OC(=O)C1CC1.